The quantitative estimate of drug-likeness (QED) is 0.705. The summed E-state index contributed by atoms with van der Waals surface area (Å²) in [5, 5.41) is 3.99. The van der Waals surface area contributed by atoms with Crippen molar-refractivity contribution in [2.45, 2.75) is 32.2 Å². The molecule has 0 bridgehead atoms. The second-order valence-corrected chi connectivity index (χ2v) is 8.03. The van der Waals surface area contributed by atoms with E-state index in [2.05, 4.69) is 30.3 Å². The highest BCUT2D eigenvalue weighted by Crippen LogP contribution is 2.59. The van der Waals surface area contributed by atoms with E-state index in [1.807, 2.05) is 26.0 Å². The summed E-state index contributed by atoms with van der Waals surface area (Å²) in [5.41, 5.74) is 1.07. The average molecular weight is 349 g/mol. The number of hydrogen-bond donors (Lipinski definition) is 0. The zero-order valence-electron chi connectivity index (χ0n) is 14.3. The molecule has 6 heteroatoms. The monoisotopic (exact) mass is 349 g/mol. The van der Waals surface area contributed by atoms with Crippen LogP contribution in [0.15, 0.2) is 42.5 Å². The second kappa shape index (κ2) is 7.34. The zero-order valence-corrected chi connectivity index (χ0v) is 15.2. The minimum atomic E-state index is -3.23. The summed E-state index contributed by atoms with van der Waals surface area (Å²) in [6.07, 6.45) is 0.422. The van der Waals surface area contributed by atoms with E-state index in [4.69, 9.17) is 13.9 Å². The van der Waals surface area contributed by atoms with Gasteiger partial charge in [-0.3, -0.25) is 9.40 Å². The van der Waals surface area contributed by atoms with Crippen LogP contribution in [0.1, 0.15) is 31.9 Å². The fourth-order valence-corrected chi connectivity index (χ4v) is 5.20. The molecule has 0 N–H and O–H groups in total. The molecule has 2 atom stereocenters. The van der Waals surface area contributed by atoms with E-state index >= 15 is 0 Å². The van der Waals surface area contributed by atoms with Crippen molar-refractivity contribution in [3.05, 3.63) is 48.0 Å². The van der Waals surface area contributed by atoms with E-state index < -0.39 is 13.4 Å². The van der Waals surface area contributed by atoms with Gasteiger partial charge in [-0.05, 0) is 36.2 Å². The molecule has 1 aliphatic rings. The van der Waals surface area contributed by atoms with Gasteiger partial charge >= 0.3 is 7.60 Å². The van der Waals surface area contributed by atoms with Gasteiger partial charge in [0.05, 0.1) is 13.2 Å². The maximum atomic E-state index is 13.0. The van der Waals surface area contributed by atoms with E-state index in [1.165, 1.54) is 10.8 Å². The highest BCUT2D eigenvalue weighted by Gasteiger charge is 2.46. The van der Waals surface area contributed by atoms with Crippen molar-refractivity contribution < 1.29 is 18.5 Å². The summed E-state index contributed by atoms with van der Waals surface area (Å²) in [4.78, 5) is 5.95. The maximum Gasteiger partial charge on any atom is 0.350 e. The molecule has 0 spiro atoms. The van der Waals surface area contributed by atoms with Crippen molar-refractivity contribution in [1.29, 1.82) is 0 Å². The first-order valence-electron chi connectivity index (χ1n) is 8.34. The molecule has 0 aromatic heterocycles. The fourth-order valence-electron chi connectivity index (χ4n) is 3.16. The molecule has 0 aliphatic carbocycles. The Labute approximate surface area is 143 Å². The molecule has 1 fully saturated rings. The Hall–Kier alpha value is -1.23. The number of rotatable bonds is 6. The Morgan fingerprint density at radius 3 is 2.46 bits per heavy atom. The second-order valence-electron chi connectivity index (χ2n) is 5.84. The molecule has 0 amide bonds. The molecule has 130 valence electrons. The largest absolute Gasteiger partial charge is 0.350 e. The third-order valence-corrected chi connectivity index (χ3v) is 6.77. The molecule has 2 aromatic carbocycles. The van der Waals surface area contributed by atoms with Crippen LogP contribution in [0.25, 0.3) is 10.8 Å². The molecular weight excluding hydrogens is 325 g/mol. The van der Waals surface area contributed by atoms with Crippen molar-refractivity contribution in [3.63, 3.8) is 0 Å². The molecule has 1 aliphatic heterocycles. The Balaban J connectivity index is 1.84. The Morgan fingerprint density at radius 1 is 1.12 bits per heavy atom. The SMILES string of the molecule is CCOP(=O)(OCC)C1CC(c2ccc3ccccc3c2)ON1C. The Morgan fingerprint density at radius 2 is 1.79 bits per heavy atom. The van der Waals surface area contributed by atoms with E-state index in [1.54, 1.807) is 12.1 Å². The van der Waals surface area contributed by atoms with Gasteiger partial charge in [-0.15, -0.1) is 0 Å². The van der Waals surface area contributed by atoms with Crippen LogP contribution < -0.4 is 0 Å². The number of benzene rings is 2. The molecule has 0 saturated carbocycles. The van der Waals surface area contributed by atoms with Gasteiger partial charge in [0.1, 0.15) is 11.9 Å². The molecule has 2 aromatic rings. The maximum absolute atomic E-state index is 13.0. The first-order valence-corrected chi connectivity index (χ1v) is 9.95. The van der Waals surface area contributed by atoms with E-state index in [-0.39, 0.29) is 6.10 Å². The van der Waals surface area contributed by atoms with Gasteiger partial charge in [0, 0.05) is 13.5 Å². The third kappa shape index (κ3) is 3.41. The summed E-state index contributed by atoms with van der Waals surface area (Å²) >= 11 is 0. The minimum absolute atomic E-state index is 0.154. The van der Waals surface area contributed by atoms with Crippen LogP contribution in [-0.2, 0) is 18.5 Å². The summed E-state index contributed by atoms with van der Waals surface area (Å²) in [6, 6.07) is 14.5. The van der Waals surface area contributed by atoms with E-state index in [0.29, 0.717) is 19.6 Å². The molecule has 24 heavy (non-hydrogen) atoms. The normalized spacial score (nSPS) is 22.3. The standard InChI is InChI=1S/C18H24NO4P/c1-4-21-24(20,22-5-2)18-13-17(23-19(18)3)16-11-10-14-8-6-7-9-15(14)12-16/h6-12,17-18H,4-5,13H2,1-3H3. The highest BCUT2D eigenvalue weighted by atomic mass is 31.2. The van der Waals surface area contributed by atoms with Gasteiger partial charge in [0.2, 0.25) is 0 Å². The number of hydroxylamine groups is 2. The molecule has 2 unspecified atom stereocenters. The molecule has 3 rings (SSSR count). The highest BCUT2D eigenvalue weighted by molar-refractivity contribution is 7.54. The summed E-state index contributed by atoms with van der Waals surface area (Å²) in [5.74, 6) is -0.395. The lowest BCUT2D eigenvalue weighted by molar-refractivity contribution is -0.137. The molecule has 1 saturated heterocycles. The first kappa shape index (κ1) is 17.6. The van der Waals surface area contributed by atoms with Gasteiger partial charge in [-0.2, -0.15) is 5.06 Å². The summed E-state index contributed by atoms with van der Waals surface area (Å²) < 4.78 is 24.0. The fraction of sp³-hybridized carbons (Fsp3) is 0.444. The van der Waals surface area contributed by atoms with Gasteiger partial charge in [-0.25, -0.2) is 0 Å². The van der Waals surface area contributed by atoms with Gasteiger partial charge in [0.25, 0.3) is 0 Å². The van der Waals surface area contributed by atoms with Crippen LogP contribution in [-0.4, -0.2) is 31.1 Å². The molecular formula is C18H24NO4P. The minimum Gasteiger partial charge on any atom is -0.308 e. The van der Waals surface area contributed by atoms with Crippen LogP contribution in [0, 0.1) is 0 Å². The van der Waals surface area contributed by atoms with Crippen LogP contribution in [0.5, 0.6) is 0 Å². The molecule has 0 radical (unpaired) electrons. The Kier molecular flexibility index (Phi) is 5.38. The topological polar surface area (TPSA) is 48.0 Å². The predicted molar refractivity (Wildman–Crippen MR) is 94.8 cm³/mol. The smallest absolute Gasteiger partial charge is 0.308 e. The van der Waals surface area contributed by atoms with Crippen LogP contribution in [0.4, 0.5) is 0 Å². The summed E-state index contributed by atoms with van der Waals surface area (Å²) in [6.45, 7) is 4.34. The predicted octanol–water partition coefficient (Wildman–Crippen LogP) is 4.74. The molecule has 5 nitrogen and oxygen atoms in total. The number of nitrogens with zero attached hydrogens (tertiary/aromatic N) is 1. The molecule has 1 heterocycles. The summed E-state index contributed by atoms with van der Waals surface area (Å²) in [7, 11) is -1.44. The lowest BCUT2D eigenvalue weighted by Gasteiger charge is -2.25. The van der Waals surface area contributed by atoms with Crippen LogP contribution in [0.2, 0.25) is 0 Å². The number of fused-ring (bicyclic) bond motifs is 1. The van der Waals surface area contributed by atoms with Crippen molar-refractivity contribution >= 4 is 18.4 Å². The van der Waals surface area contributed by atoms with Crippen molar-refractivity contribution in [2.75, 3.05) is 20.3 Å². The first-order chi connectivity index (χ1) is 11.6. The number of hydrogen-bond acceptors (Lipinski definition) is 5. The average Bonchev–Trinajstić information content (AvgIpc) is 2.97. The zero-order chi connectivity index (χ0) is 17.2. The van der Waals surface area contributed by atoms with Crippen molar-refractivity contribution in [3.8, 4) is 0 Å². The van der Waals surface area contributed by atoms with Gasteiger partial charge < -0.3 is 9.05 Å². The van der Waals surface area contributed by atoms with Gasteiger partial charge in [0.15, 0.2) is 0 Å². The van der Waals surface area contributed by atoms with E-state index in [0.717, 1.165) is 5.56 Å². The van der Waals surface area contributed by atoms with E-state index in [9.17, 15) is 4.57 Å². The Bertz CT molecular complexity index is 741. The van der Waals surface area contributed by atoms with Crippen LogP contribution >= 0.6 is 7.60 Å². The van der Waals surface area contributed by atoms with Crippen molar-refractivity contribution in [1.82, 2.24) is 5.06 Å². The third-order valence-electron chi connectivity index (χ3n) is 4.27. The van der Waals surface area contributed by atoms with Gasteiger partial charge in [-0.1, -0.05) is 36.4 Å². The lowest BCUT2D eigenvalue weighted by Crippen LogP contribution is -2.25. The lowest BCUT2D eigenvalue weighted by atomic mass is 10.0. The van der Waals surface area contributed by atoms with Crippen LogP contribution in [0.3, 0.4) is 0 Å². The van der Waals surface area contributed by atoms with Crippen molar-refractivity contribution in [2.24, 2.45) is 0 Å².